The van der Waals surface area contributed by atoms with Gasteiger partial charge in [0.25, 0.3) is 0 Å². The lowest BCUT2D eigenvalue weighted by molar-refractivity contribution is -0.383. The van der Waals surface area contributed by atoms with Crippen molar-refractivity contribution in [2.75, 3.05) is 26.4 Å². The van der Waals surface area contributed by atoms with Gasteiger partial charge < -0.3 is 19.7 Å². The molecule has 2 aliphatic rings. The molecule has 0 aliphatic heterocycles. The van der Waals surface area contributed by atoms with E-state index < -0.39 is 41.8 Å². The minimum Gasteiger partial charge on any atom is -0.394 e. The molecule has 4 nitrogen and oxygen atoms in total. The topological polar surface area (TPSA) is 58.9 Å². The molecule has 29 heavy (non-hydrogen) atoms. The second-order valence-corrected chi connectivity index (χ2v) is 8.00. The standard InChI is InChI=1S/C19H30F6O4/c20-18(21,22)17(19(23,24)25,13-1-5-15(6-2-13)28-11-9-26)14-3-7-16(8-4-14)29-12-10-27/h13-16,26-27H,1-12H2. The van der Waals surface area contributed by atoms with Crippen LogP contribution in [0.5, 0.6) is 0 Å². The van der Waals surface area contributed by atoms with E-state index in [4.69, 9.17) is 19.7 Å². The van der Waals surface area contributed by atoms with Gasteiger partial charge in [0.1, 0.15) is 0 Å². The Morgan fingerprint density at radius 3 is 1.14 bits per heavy atom. The first-order valence-electron chi connectivity index (χ1n) is 10.2. The van der Waals surface area contributed by atoms with Crippen LogP contribution in [0, 0.1) is 17.3 Å². The van der Waals surface area contributed by atoms with Gasteiger partial charge in [0.15, 0.2) is 5.41 Å². The van der Waals surface area contributed by atoms with Crippen molar-refractivity contribution < 1.29 is 46.0 Å². The maximum Gasteiger partial charge on any atom is 0.403 e. The second kappa shape index (κ2) is 10.2. The van der Waals surface area contributed by atoms with Gasteiger partial charge in [-0.15, -0.1) is 0 Å². The third-order valence-corrected chi connectivity index (χ3v) is 6.46. The van der Waals surface area contributed by atoms with Crippen molar-refractivity contribution in [1.29, 1.82) is 0 Å². The molecular formula is C19H30F6O4. The van der Waals surface area contributed by atoms with E-state index in [0.29, 0.717) is 0 Å². The van der Waals surface area contributed by atoms with E-state index in [2.05, 4.69) is 0 Å². The second-order valence-electron chi connectivity index (χ2n) is 8.00. The molecule has 0 amide bonds. The van der Waals surface area contributed by atoms with Gasteiger partial charge in [-0.1, -0.05) is 0 Å². The fourth-order valence-electron chi connectivity index (χ4n) is 5.23. The quantitative estimate of drug-likeness (QED) is 0.559. The van der Waals surface area contributed by atoms with Crippen LogP contribution >= 0.6 is 0 Å². The van der Waals surface area contributed by atoms with Crippen molar-refractivity contribution in [2.45, 2.75) is 75.9 Å². The van der Waals surface area contributed by atoms with E-state index in [9.17, 15) is 26.3 Å². The molecule has 172 valence electrons. The average Bonchev–Trinajstić information content (AvgIpc) is 2.65. The van der Waals surface area contributed by atoms with Gasteiger partial charge >= 0.3 is 12.4 Å². The number of alkyl halides is 6. The fourth-order valence-corrected chi connectivity index (χ4v) is 5.23. The lowest BCUT2D eigenvalue weighted by Crippen LogP contribution is -2.61. The minimum absolute atomic E-state index is 0.0247. The van der Waals surface area contributed by atoms with Gasteiger partial charge in [-0.3, -0.25) is 0 Å². The summed E-state index contributed by atoms with van der Waals surface area (Å²) in [7, 11) is 0. The number of aliphatic hydroxyl groups is 2. The predicted molar refractivity (Wildman–Crippen MR) is 92.1 cm³/mol. The van der Waals surface area contributed by atoms with Crippen molar-refractivity contribution in [3.8, 4) is 0 Å². The number of halogens is 6. The Balaban J connectivity index is 2.22. The zero-order valence-electron chi connectivity index (χ0n) is 16.3. The number of aliphatic hydroxyl groups excluding tert-OH is 2. The van der Waals surface area contributed by atoms with E-state index in [1.165, 1.54) is 0 Å². The van der Waals surface area contributed by atoms with Crippen molar-refractivity contribution >= 4 is 0 Å². The number of rotatable bonds is 8. The Kier molecular flexibility index (Phi) is 8.64. The normalized spacial score (nSPS) is 29.8. The van der Waals surface area contributed by atoms with Crippen molar-refractivity contribution in [1.82, 2.24) is 0 Å². The highest BCUT2D eigenvalue weighted by molar-refractivity contribution is 5.05. The summed E-state index contributed by atoms with van der Waals surface area (Å²) in [6, 6.07) is 0. The van der Waals surface area contributed by atoms with Crippen LogP contribution in [-0.2, 0) is 9.47 Å². The summed E-state index contributed by atoms with van der Waals surface area (Å²) in [5.74, 6) is -3.09. The molecule has 0 heterocycles. The van der Waals surface area contributed by atoms with E-state index in [-0.39, 0.29) is 77.8 Å². The molecule has 0 aromatic carbocycles. The average molecular weight is 436 g/mol. The Morgan fingerprint density at radius 2 is 0.897 bits per heavy atom. The zero-order chi connectivity index (χ0) is 21.7. The Labute approximate surface area is 166 Å². The first-order chi connectivity index (χ1) is 13.6. The smallest absolute Gasteiger partial charge is 0.394 e. The molecule has 0 aromatic heterocycles. The van der Waals surface area contributed by atoms with Gasteiger partial charge in [0, 0.05) is 0 Å². The van der Waals surface area contributed by atoms with Gasteiger partial charge in [-0.2, -0.15) is 26.3 Å². The van der Waals surface area contributed by atoms with E-state index >= 15 is 0 Å². The van der Waals surface area contributed by atoms with E-state index in [0.717, 1.165) is 0 Å². The lowest BCUT2D eigenvalue weighted by atomic mass is 9.57. The monoisotopic (exact) mass is 436 g/mol. The van der Waals surface area contributed by atoms with Crippen LogP contribution in [0.25, 0.3) is 0 Å². The van der Waals surface area contributed by atoms with Crippen LogP contribution in [0.4, 0.5) is 26.3 Å². The Bertz CT molecular complexity index is 436. The summed E-state index contributed by atoms with van der Waals surface area (Å²) in [5.41, 5.74) is -3.73. The summed E-state index contributed by atoms with van der Waals surface area (Å²) < 4.78 is 95.8. The number of hydrogen-bond acceptors (Lipinski definition) is 4. The first-order valence-corrected chi connectivity index (χ1v) is 10.2. The Hall–Kier alpha value is -0.580. The molecule has 0 saturated heterocycles. The summed E-state index contributed by atoms with van der Waals surface area (Å²) >= 11 is 0. The first kappa shape index (κ1) is 24.7. The zero-order valence-corrected chi connectivity index (χ0v) is 16.3. The molecule has 2 fully saturated rings. The van der Waals surface area contributed by atoms with E-state index in [1.54, 1.807) is 0 Å². The molecule has 2 N–H and O–H groups in total. The number of ether oxygens (including phenoxy) is 2. The Morgan fingerprint density at radius 1 is 0.586 bits per heavy atom. The van der Waals surface area contributed by atoms with Gasteiger partial charge in [0.05, 0.1) is 38.6 Å². The molecule has 0 bridgehead atoms. The fraction of sp³-hybridized carbons (Fsp3) is 1.00. The molecule has 10 heteroatoms. The van der Waals surface area contributed by atoms with Gasteiger partial charge in [-0.25, -0.2) is 0 Å². The maximum atomic E-state index is 14.2. The van der Waals surface area contributed by atoms with Crippen LogP contribution in [-0.4, -0.2) is 61.2 Å². The van der Waals surface area contributed by atoms with Crippen molar-refractivity contribution in [3.63, 3.8) is 0 Å². The lowest BCUT2D eigenvalue weighted by Gasteiger charge is -2.51. The minimum atomic E-state index is -5.40. The third-order valence-electron chi connectivity index (χ3n) is 6.46. The molecule has 0 unspecified atom stereocenters. The van der Waals surface area contributed by atoms with Crippen LogP contribution in [0.3, 0.4) is 0 Å². The maximum absolute atomic E-state index is 14.2. The molecule has 2 rings (SSSR count). The van der Waals surface area contributed by atoms with Crippen molar-refractivity contribution in [2.24, 2.45) is 17.3 Å². The van der Waals surface area contributed by atoms with Crippen LogP contribution in [0.2, 0.25) is 0 Å². The molecule has 0 atom stereocenters. The summed E-state index contributed by atoms with van der Waals surface area (Å²) in [6.07, 6.45) is -12.0. The third kappa shape index (κ3) is 5.37. The summed E-state index contributed by atoms with van der Waals surface area (Å²) in [5, 5.41) is 17.6. The van der Waals surface area contributed by atoms with Gasteiger partial charge in [-0.05, 0) is 63.2 Å². The largest absolute Gasteiger partial charge is 0.403 e. The molecule has 0 aromatic rings. The van der Waals surface area contributed by atoms with Crippen LogP contribution in [0.1, 0.15) is 51.4 Å². The number of hydrogen-bond donors (Lipinski definition) is 2. The predicted octanol–water partition coefficient (Wildman–Crippen LogP) is 4.23. The summed E-state index contributed by atoms with van der Waals surface area (Å²) in [4.78, 5) is 0. The van der Waals surface area contributed by atoms with Gasteiger partial charge in [0.2, 0.25) is 0 Å². The SMILES string of the molecule is OCCOC1CCC(C(C2CCC(OCCO)CC2)(C(F)(F)F)C(F)(F)F)CC1. The summed E-state index contributed by atoms with van der Waals surface area (Å²) in [6.45, 7) is -0.430. The van der Waals surface area contributed by atoms with Crippen LogP contribution in [0.15, 0.2) is 0 Å². The molecular weight excluding hydrogens is 406 g/mol. The van der Waals surface area contributed by atoms with Crippen molar-refractivity contribution in [3.05, 3.63) is 0 Å². The highest BCUT2D eigenvalue weighted by Gasteiger charge is 2.76. The molecule has 2 saturated carbocycles. The highest BCUT2D eigenvalue weighted by atomic mass is 19.4. The highest BCUT2D eigenvalue weighted by Crippen LogP contribution is 2.64. The van der Waals surface area contributed by atoms with E-state index in [1.807, 2.05) is 0 Å². The van der Waals surface area contributed by atoms with Crippen LogP contribution < -0.4 is 0 Å². The molecule has 0 spiro atoms. The molecule has 0 radical (unpaired) electrons. The molecule has 2 aliphatic carbocycles.